The highest BCUT2D eigenvalue weighted by Gasteiger charge is 2.09. The first-order valence-corrected chi connectivity index (χ1v) is 5.08. The molecule has 0 unspecified atom stereocenters. The second-order valence-corrected chi connectivity index (χ2v) is 3.46. The lowest BCUT2D eigenvalue weighted by Crippen LogP contribution is -2.06. The summed E-state index contributed by atoms with van der Waals surface area (Å²) in [6.07, 6.45) is 4.94. The van der Waals surface area contributed by atoms with Gasteiger partial charge in [0.2, 0.25) is 0 Å². The van der Waals surface area contributed by atoms with Gasteiger partial charge in [0.25, 0.3) is 0 Å². The standard InChI is InChI=1S/C11H19N3O/c1-9(6-5-7-12-2)11-10(15-4)8-13-14(11)3/h6,8,12H,5,7H2,1-4H3/b9-6-. The monoisotopic (exact) mass is 209 g/mol. The maximum absolute atomic E-state index is 5.25. The van der Waals surface area contributed by atoms with Crippen molar-refractivity contribution in [1.29, 1.82) is 0 Å². The molecule has 0 bridgehead atoms. The zero-order chi connectivity index (χ0) is 11.3. The maximum Gasteiger partial charge on any atom is 0.164 e. The van der Waals surface area contributed by atoms with Crippen LogP contribution in [0.3, 0.4) is 0 Å². The molecule has 0 saturated carbocycles. The number of ether oxygens (including phenoxy) is 1. The van der Waals surface area contributed by atoms with Gasteiger partial charge in [0.1, 0.15) is 5.69 Å². The Labute approximate surface area is 90.9 Å². The lowest BCUT2D eigenvalue weighted by Gasteiger charge is -2.05. The molecule has 1 rings (SSSR count). The quantitative estimate of drug-likeness (QED) is 0.746. The average Bonchev–Trinajstić information content (AvgIpc) is 2.59. The summed E-state index contributed by atoms with van der Waals surface area (Å²) in [4.78, 5) is 0. The molecule has 0 spiro atoms. The number of methoxy groups -OCH3 is 1. The summed E-state index contributed by atoms with van der Waals surface area (Å²) >= 11 is 0. The number of hydrogen-bond donors (Lipinski definition) is 1. The molecule has 0 aliphatic rings. The van der Waals surface area contributed by atoms with E-state index in [9.17, 15) is 0 Å². The van der Waals surface area contributed by atoms with Gasteiger partial charge in [-0.15, -0.1) is 0 Å². The summed E-state index contributed by atoms with van der Waals surface area (Å²) in [7, 11) is 5.54. The van der Waals surface area contributed by atoms with Crippen molar-refractivity contribution in [3.63, 3.8) is 0 Å². The van der Waals surface area contributed by atoms with E-state index in [-0.39, 0.29) is 0 Å². The smallest absolute Gasteiger partial charge is 0.164 e. The largest absolute Gasteiger partial charge is 0.493 e. The van der Waals surface area contributed by atoms with Crippen molar-refractivity contribution in [3.05, 3.63) is 18.0 Å². The molecule has 0 aliphatic carbocycles. The van der Waals surface area contributed by atoms with Gasteiger partial charge in [-0.1, -0.05) is 6.08 Å². The summed E-state index contributed by atoms with van der Waals surface area (Å²) in [5.41, 5.74) is 2.25. The molecule has 4 nitrogen and oxygen atoms in total. The summed E-state index contributed by atoms with van der Waals surface area (Å²) in [6, 6.07) is 0. The highest BCUT2D eigenvalue weighted by molar-refractivity contribution is 5.65. The van der Waals surface area contributed by atoms with E-state index in [2.05, 4.69) is 23.4 Å². The molecule has 0 amide bonds. The van der Waals surface area contributed by atoms with Crippen LogP contribution < -0.4 is 10.1 Å². The fourth-order valence-corrected chi connectivity index (χ4v) is 1.55. The fourth-order valence-electron chi connectivity index (χ4n) is 1.55. The SMILES string of the molecule is CNCC/C=C(/C)c1c(OC)cnn1C. The zero-order valence-corrected chi connectivity index (χ0v) is 9.87. The van der Waals surface area contributed by atoms with E-state index in [0.29, 0.717) is 0 Å². The molecule has 0 fully saturated rings. The van der Waals surface area contributed by atoms with Crippen molar-refractivity contribution in [2.75, 3.05) is 20.7 Å². The molecule has 84 valence electrons. The second kappa shape index (κ2) is 5.56. The molecule has 0 aliphatic heterocycles. The van der Waals surface area contributed by atoms with Gasteiger partial charge >= 0.3 is 0 Å². The van der Waals surface area contributed by atoms with Crippen molar-refractivity contribution in [2.24, 2.45) is 7.05 Å². The molecule has 1 N–H and O–H groups in total. The lowest BCUT2D eigenvalue weighted by molar-refractivity contribution is 0.413. The summed E-state index contributed by atoms with van der Waals surface area (Å²) in [5.74, 6) is 0.829. The number of aromatic nitrogens is 2. The minimum absolute atomic E-state index is 0.829. The van der Waals surface area contributed by atoms with Crippen molar-refractivity contribution < 1.29 is 4.74 Å². The van der Waals surface area contributed by atoms with Crippen LogP contribution in [0, 0.1) is 0 Å². The average molecular weight is 209 g/mol. The van der Waals surface area contributed by atoms with Crippen LogP contribution >= 0.6 is 0 Å². The second-order valence-electron chi connectivity index (χ2n) is 3.46. The van der Waals surface area contributed by atoms with Crippen LogP contribution in [-0.2, 0) is 7.05 Å². The van der Waals surface area contributed by atoms with Gasteiger partial charge in [-0.05, 0) is 32.5 Å². The van der Waals surface area contributed by atoms with Gasteiger partial charge in [0, 0.05) is 7.05 Å². The third-order valence-electron chi connectivity index (χ3n) is 2.34. The van der Waals surface area contributed by atoms with E-state index < -0.39 is 0 Å². The highest BCUT2D eigenvalue weighted by atomic mass is 16.5. The molecule has 15 heavy (non-hydrogen) atoms. The van der Waals surface area contributed by atoms with E-state index in [0.717, 1.165) is 24.4 Å². The molecular formula is C11H19N3O. The van der Waals surface area contributed by atoms with Gasteiger partial charge in [-0.3, -0.25) is 4.68 Å². The Morgan fingerprint density at radius 3 is 3.00 bits per heavy atom. The van der Waals surface area contributed by atoms with E-state index in [1.165, 1.54) is 5.57 Å². The van der Waals surface area contributed by atoms with Crippen LogP contribution in [0.2, 0.25) is 0 Å². The number of nitrogens with one attached hydrogen (secondary N) is 1. The third kappa shape index (κ3) is 2.83. The first-order valence-electron chi connectivity index (χ1n) is 5.08. The van der Waals surface area contributed by atoms with Crippen molar-refractivity contribution in [2.45, 2.75) is 13.3 Å². The number of allylic oxidation sites excluding steroid dienone is 1. The van der Waals surface area contributed by atoms with Gasteiger partial charge in [-0.2, -0.15) is 5.10 Å². The first kappa shape index (κ1) is 11.8. The number of hydrogen-bond acceptors (Lipinski definition) is 3. The molecule has 1 aromatic rings. The van der Waals surface area contributed by atoms with Crippen LogP contribution in [0.15, 0.2) is 12.3 Å². The predicted molar refractivity (Wildman–Crippen MR) is 62.0 cm³/mol. The molecule has 1 aromatic heterocycles. The van der Waals surface area contributed by atoms with Gasteiger partial charge in [0.05, 0.1) is 13.3 Å². The highest BCUT2D eigenvalue weighted by Crippen LogP contribution is 2.24. The van der Waals surface area contributed by atoms with E-state index in [1.54, 1.807) is 13.3 Å². The summed E-state index contributed by atoms with van der Waals surface area (Å²) in [5, 5.41) is 7.29. The predicted octanol–water partition coefficient (Wildman–Crippen LogP) is 1.44. The van der Waals surface area contributed by atoms with Gasteiger partial charge < -0.3 is 10.1 Å². The normalized spacial score (nSPS) is 11.9. The van der Waals surface area contributed by atoms with E-state index in [1.807, 2.05) is 18.8 Å². The van der Waals surface area contributed by atoms with Crippen LogP contribution in [0.5, 0.6) is 5.75 Å². The summed E-state index contributed by atoms with van der Waals surface area (Å²) in [6.45, 7) is 3.06. The third-order valence-corrected chi connectivity index (χ3v) is 2.34. The summed E-state index contributed by atoms with van der Waals surface area (Å²) < 4.78 is 7.09. The number of nitrogens with zero attached hydrogens (tertiary/aromatic N) is 2. The fraction of sp³-hybridized carbons (Fsp3) is 0.545. The van der Waals surface area contributed by atoms with Crippen LogP contribution in [-0.4, -0.2) is 30.5 Å². The molecule has 0 aromatic carbocycles. The molecule has 4 heteroatoms. The Bertz CT molecular complexity index is 342. The van der Waals surface area contributed by atoms with Crippen LogP contribution in [0.4, 0.5) is 0 Å². The van der Waals surface area contributed by atoms with Gasteiger partial charge in [-0.25, -0.2) is 0 Å². The zero-order valence-electron chi connectivity index (χ0n) is 9.87. The van der Waals surface area contributed by atoms with Crippen LogP contribution in [0.1, 0.15) is 19.0 Å². The van der Waals surface area contributed by atoms with E-state index >= 15 is 0 Å². The minimum atomic E-state index is 0.829. The Morgan fingerprint density at radius 1 is 1.67 bits per heavy atom. The van der Waals surface area contributed by atoms with Crippen molar-refractivity contribution in [1.82, 2.24) is 15.1 Å². The Balaban J connectivity index is 2.84. The lowest BCUT2D eigenvalue weighted by atomic mass is 10.1. The van der Waals surface area contributed by atoms with Crippen molar-refractivity contribution >= 4 is 5.57 Å². The molecular weight excluding hydrogens is 190 g/mol. The van der Waals surface area contributed by atoms with Gasteiger partial charge in [0.15, 0.2) is 5.75 Å². The Kier molecular flexibility index (Phi) is 4.37. The maximum atomic E-state index is 5.25. The van der Waals surface area contributed by atoms with Crippen molar-refractivity contribution in [3.8, 4) is 5.75 Å². The number of rotatable bonds is 5. The first-order chi connectivity index (χ1) is 7.20. The molecule has 0 saturated heterocycles. The number of aryl methyl sites for hydroxylation is 1. The Morgan fingerprint density at radius 2 is 2.40 bits per heavy atom. The minimum Gasteiger partial charge on any atom is -0.493 e. The topological polar surface area (TPSA) is 39.1 Å². The Hall–Kier alpha value is -1.29. The molecule has 0 atom stereocenters. The molecule has 1 heterocycles. The van der Waals surface area contributed by atoms with E-state index in [4.69, 9.17) is 4.74 Å². The van der Waals surface area contributed by atoms with Crippen LogP contribution in [0.25, 0.3) is 5.57 Å². The molecule has 0 radical (unpaired) electrons.